The minimum absolute atomic E-state index is 0.000502. The summed E-state index contributed by atoms with van der Waals surface area (Å²) in [6.45, 7) is 9.05. The molecule has 7 nitrogen and oxygen atoms in total. The van der Waals surface area contributed by atoms with Gasteiger partial charge in [-0.05, 0) is 111 Å². The molecule has 1 atom stereocenters. The van der Waals surface area contributed by atoms with Crippen LogP contribution in [0.3, 0.4) is 0 Å². The number of nitrogens with one attached hydrogen (secondary N) is 2. The number of sulfonamides is 1. The second-order valence-corrected chi connectivity index (χ2v) is 15.9. The molecule has 1 fully saturated rings. The fourth-order valence-corrected chi connectivity index (χ4v) is 7.95. The Morgan fingerprint density at radius 3 is 2.35 bits per heavy atom. The molecule has 1 saturated carbocycles. The largest absolute Gasteiger partial charge is 0.340 e. The van der Waals surface area contributed by atoms with Gasteiger partial charge in [-0.15, -0.1) is 0 Å². The fraction of sp³-hybridized carbons (Fsp3) is 0.487. The summed E-state index contributed by atoms with van der Waals surface area (Å²) in [6, 6.07) is 19.3. The van der Waals surface area contributed by atoms with Gasteiger partial charge < -0.3 is 5.32 Å². The maximum Gasteiger partial charge on any atom is 0.264 e. The third-order valence-electron chi connectivity index (χ3n) is 9.37. The first-order valence-electron chi connectivity index (χ1n) is 17.5. The molecule has 48 heavy (non-hydrogen) atoms. The monoisotopic (exact) mass is 691 g/mol. The number of aryl methyl sites for hydroxylation is 2. The summed E-state index contributed by atoms with van der Waals surface area (Å²) in [6.07, 6.45) is 12.5. The second kappa shape index (κ2) is 18.6. The number of carbonyl (C=O) groups is 2. The minimum atomic E-state index is -4.10. The van der Waals surface area contributed by atoms with E-state index in [4.69, 9.17) is 0 Å². The Kier molecular flexibility index (Phi) is 14.6. The molecule has 0 aliphatic heterocycles. The number of hydrogen-bond donors (Lipinski definition) is 2. The Balaban J connectivity index is 1.58. The normalized spacial score (nSPS) is 14.5. The van der Waals surface area contributed by atoms with Crippen molar-refractivity contribution in [3.8, 4) is 11.1 Å². The van der Waals surface area contributed by atoms with E-state index in [0.29, 0.717) is 11.3 Å². The molecule has 0 aromatic heterocycles. The molecule has 0 radical (unpaired) electrons. The number of rotatable bonds is 17. The maximum absolute atomic E-state index is 14.0. The zero-order valence-corrected chi connectivity index (χ0v) is 30.7. The van der Waals surface area contributed by atoms with Crippen LogP contribution in [0.4, 0.5) is 0 Å². The van der Waals surface area contributed by atoms with Crippen molar-refractivity contribution in [1.29, 1.82) is 0 Å². The lowest BCUT2D eigenvalue weighted by Crippen LogP contribution is -2.48. The molecule has 260 valence electrons. The van der Waals surface area contributed by atoms with E-state index in [0.717, 1.165) is 66.2 Å². The molecule has 9 heteroatoms. The molecule has 3 aromatic carbocycles. The third kappa shape index (κ3) is 10.9. The van der Waals surface area contributed by atoms with E-state index in [2.05, 4.69) is 27.9 Å². The number of thioether (sulfide) groups is 1. The topological polar surface area (TPSA) is 95.6 Å². The van der Waals surface area contributed by atoms with Crippen LogP contribution >= 0.6 is 11.8 Å². The standard InChI is InChI=1S/C39H53N3O4S2/c1-5-6-24-42(25-22-31-13-8-7-9-14-31)28-32-18-21-35(36(27-32)34-15-11-10-12-30(34)3)38(43)40-37(23-26-47-4)39(44)41-48(45,46)33-19-16-29(2)17-20-33/h10-12,15-21,27,31,37H,5-9,13-14,22-26,28H2,1-4H3,(H,40,43)(H,41,44)/t37-/m1/s1. The highest BCUT2D eigenvalue weighted by Crippen LogP contribution is 2.30. The quantitative estimate of drug-likeness (QED) is 0.150. The number of nitrogens with zero attached hydrogens (tertiary/aromatic N) is 1. The summed E-state index contributed by atoms with van der Waals surface area (Å²) in [5.41, 5.74) is 5.32. The highest BCUT2D eigenvalue weighted by Gasteiger charge is 2.27. The number of unbranched alkanes of at least 4 members (excludes halogenated alkanes) is 1. The zero-order valence-electron chi connectivity index (χ0n) is 29.1. The predicted octanol–water partition coefficient (Wildman–Crippen LogP) is 7.90. The first kappa shape index (κ1) is 37.7. The van der Waals surface area contributed by atoms with Crippen molar-refractivity contribution >= 4 is 33.6 Å². The van der Waals surface area contributed by atoms with E-state index in [1.807, 2.05) is 56.5 Å². The van der Waals surface area contributed by atoms with Gasteiger partial charge in [-0.3, -0.25) is 14.5 Å². The molecular formula is C39H53N3O4S2. The number of amides is 2. The van der Waals surface area contributed by atoms with Gasteiger partial charge in [0.1, 0.15) is 6.04 Å². The lowest BCUT2D eigenvalue weighted by Gasteiger charge is -2.27. The molecule has 2 amide bonds. The van der Waals surface area contributed by atoms with Gasteiger partial charge in [-0.25, -0.2) is 13.1 Å². The summed E-state index contributed by atoms with van der Waals surface area (Å²) in [5, 5.41) is 2.89. The number of carbonyl (C=O) groups excluding carboxylic acids is 2. The van der Waals surface area contributed by atoms with Crippen LogP contribution in [-0.2, 0) is 21.4 Å². The molecule has 0 heterocycles. The Hall–Kier alpha value is -3.14. The smallest absolute Gasteiger partial charge is 0.264 e. The molecule has 1 aliphatic carbocycles. The predicted molar refractivity (Wildman–Crippen MR) is 199 cm³/mol. The third-order valence-corrected chi connectivity index (χ3v) is 11.4. The van der Waals surface area contributed by atoms with Crippen LogP contribution < -0.4 is 10.0 Å². The second-order valence-electron chi connectivity index (χ2n) is 13.2. The van der Waals surface area contributed by atoms with Crippen LogP contribution in [-0.4, -0.2) is 56.3 Å². The first-order chi connectivity index (χ1) is 23.1. The van der Waals surface area contributed by atoms with E-state index < -0.39 is 27.9 Å². The van der Waals surface area contributed by atoms with Crippen molar-refractivity contribution in [3.63, 3.8) is 0 Å². The molecule has 0 unspecified atom stereocenters. The summed E-state index contributed by atoms with van der Waals surface area (Å²) >= 11 is 1.53. The van der Waals surface area contributed by atoms with Gasteiger partial charge in [0.2, 0.25) is 0 Å². The van der Waals surface area contributed by atoms with Crippen LogP contribution in [0.25, 0.3) is 11.1 Å². The highest BCUT2D eigenvalue weighted by molar-refractivity contribution is 7.98. The minimum Gasteiger partial charge on any atom is -0.340 e. The van der Waals surface area contributed by atoms with Crippen molar-refractivity contribution in [2.75, 3.05) is 25.1 Å². The van der Waals surface area contributed by atoms with E-state index in [1.54, 1.807) is 12.1 Å². The molecule has 0 spiro atoms. The molecule has 3 aromatic rings. The highest BCUT2D eigenvalue weighted by atomic mass is 32.2. The van der Waals surface area contributed by atoms with Crippen LogP contribution in [0, 0.1) is 19.8 Å². The van der Waals surface area contributed by atoms with Gasteiger partial charge in [0.05, 0.1) is 4.90 Å². The molecule has 0 bridgehead atoms. The van der Waals surface area contributed by atoms with Crippen molar-refractivity contribution in [3.05, 3.63) is 89.0 Å². The van der Waals surface area contributed by atoms with Gasteiger partial charge in [-0.2, -0.15) is 11.8 Å². The van der Waals surface area contributed by atoms with Gasteiger partial charge in [0.15, 0.2) is 0 Å². The summed E-state index contributed by atoms with van der Waals surface area (Å²) in [7, 11) is -4.10. The summed E-state index contributed by atoms with van der Waals surface area (Å²) in [5.74, 6) is 0.228. The molecule has 2 N–H and O–H groups in total. The van der Waals surface area contributed by atoms with Crippen molar-refractivity contribution in [2.24, 2.45) is 5.92 Å². The fourth-order valence-electron chi connectivity index (χ4n) is 6.46. The Morgan fingerprint density at radius 2 is 1.67 bits per heavy atom. The lowest BCUT2D eigenvalue weighted by atomic mass is 9.87. The van der Waals surface area contributed by atoms with Crippen molar-refractivity contribution < 1.29 is 18.0 Å². The number of hydrogen-bond acceptors (Lipinski definition) is 6. The van der Waals surface area contributed by atoms with Gasteiger partial charge in [-0.1, -0.05) is 93.5 Å². The van der Waals surface area contributed by atoms with E-state index in [9.17, 15) is 18.0 Å². The average molecular weight is 692 g/mol. The van der Waals surface area contributed by atoms with Crippen LogP contribution in [0.15, 0.2) is 71.6 Å². The van der Waals surface area contributed by atoms with E-state index in [-0.39, 0.29) is 11.3 Å². The van der Waals surface area contributed by atoms with E-state index in [1.165, 1.54) is 62.4 Å². The molecular weight excluding hydrogens is 639 g/mol. The van der Waals surface area contributed by atoms with Crippen LogP contribution in [0.2, 0.25) is 0 Å². The average Bonchev–Trinajstić information content (AvgIpc) is 3.08. The SMILES string of the molecule is CCCCN(CCC1CCCCC1)Cc1ccc(C(=O)N[C@H](CCSC)C(=O)NS(=O)(=O)c2ccc(C)cc2)c(-c2ccccc2C)c1. The maximum atomic E-state index is 14.0. The van der Waals surface area contributed by atoms with Crippen LogP contribution in [0.5, 0.6) is 0 Å². The van der Waals surface area contributed by atoms with Gasteiger partial charge in [0.25, 0.3) is 21.8 Å². The molecule has 0 saturated heterocycles. The lowest BCUT2D eigenvalue weighted by molar-refractivity contribution is -0.121. The van der Waals surface area contributed by atoms with Crippen LogP contribution in [0.1, 0.15) is 91.8 Å². The van der Waals surface area contributed by atoms with Gasteiger partial charge in [0, 0.05) is 12.1 Å². The van der Waals surface area contributed by atoms with E-state index >= 15 is 0 Å². The van der Waals surface area contributed by atoms with Crippen molar-refractivity contribution in [1.82, 2.24) is 14.9 Å². The summed E-state index contributed by atoms with van der Waals surface area (Å²) in [4.78, 5) is 30.0. The molecule has 4 rings (SSSR count). The first-order valence-corrected chi connectivity index (χ1v) is 20.3. The van der Waals surface area contributed by atoms with Gasteiger partial charge >= 0.3 is 0 Å². The summed E-state index contributed by atoms with van der Waals surface area (Å²) < 4.78 is 28.3. The Bertz CT molecular complexity index is 1600. The number of benzene rings is 3. The zero-order chi connectivity index (χ0) is 34.5. The Labute approximate surface area is 292 Å². The van der Waals surface area contributed by atoms with Crippen molar-refractivity contribution in [2.45, 2.75) is 96.0 Å². The Morgan fingerprint density at radius 1 is 0.938 bits per heavy atom. The molecule has 1 aliphatic rings.